The van der Waals surface area contributed by atoms with Gasteiger partial charge in [-0.1, -0.05) is 42.5 Å². The zero-order valence-electron chi connectivity index (χ0n) is 13.6. The van der Waals surface area contributed by atoms with Crippen LogP contribution >= 0.6 is 11.8 Å². The Morgan fingerprint density at radius 1 is 1.08 bits per heavy atom. The first-order valence-corrected chi connectivity index (χ1v) is 8.94. The molecule has 4 heteroatoms. The van der Waals surface area contributed by atoms with E-state index in [4.69, 9.17) is 0 Å². The number of amides is 1. The monoisotopic (exact) mass is 336 g/mol. The Labute approximate surface area is 146 Å². The number of aromatic nitrogens is 1. The van der Waals surface area contributed by atoms with Gasteiger partial charge in [-0.05, 0) is 37.1 Å². The fourth-order valence-corrected chi connectivity index (χ4v) is 3.50. The number of pyridine rings is 1. The summed E-state index contributed by atoms with van der Waals surface area (Å²) < 4.78 is 0. The highest BCUT2D eigenvalue weighted by atomic mass is 32.2. The molecule has 0 saturated heterocycles. The molecule has 3 nitrogen and oxygen atoms in total. The third-order valence-electron chi connectivity index (χ3n) is 3.84. The van der Waals surface area contributed by atoms with E-state index in [0.29, 0.717) is 6.54 Å². The molecule has 0 fully saturated rings. The summed E-state index contributed by atoms with van der Waals surface area (Å²) in [5.74, 6) is 0.0667. The Morgan fingerprint density at radius 3 is 2.71 bits per heavy atom. The zero-order valence-corrected chi connectivity index (χ0v) is 14.4. The van der Waals surface area contributed by atoms with Crippen LogP contribution in [0.25, 0.3) is 10.9 Å². The number of para-hydroxylation sites is 1. The fraction of sp³-hybridized carbons (Fsp3) is 0.200. The predicted octanol–water partition coefficient (Wildman–Crippen LogP) is 4.07. The third kappa shape index (κ3) is 4.15. The lowest BCUT2D eigenvalue weighted by atomic mass is 10.1. The van der Waals surface area contributed by atoms with Crippen LogP contribution in [0, 0.1) is 0 Å². The van der Waals surface area contributed by atoms with Crippen LogP contribution < -0.4 is 5.32 Å². The van der Waals surface area contributed by atoms with Gasteiger partial charge in [0.1, 0.15) is 0 Å². The minimum absolute atomic E-state index is 0.0667. The molecule has 1 atom stereocenters. The molecule has 0 radical (unpaired) electrons. The van der Waals surface area contributed by atoms with Gasteiger partial charge in [0.15, 0.2) is 0 Å². The molecule has 0 spiro atoms. The van der Waals surface area contributed by atoms with E-state index in [-0.39, 0.29) is 11.2 Å². The summed E-state index contributed by atoms with van der Waals surface area (Å²) in [6, 6.07) is 20.2. The van der Waals surface area contributed by atoms with Crippen molar-refractivity contribution < 1.29 is 4.79 Å². The standard InChI is InChI=1S/C20H20N2OS/c1-15(24-18-10-3-2-4-11-18)20(23)22-14-12-17-8-5-7-16-9-6-13-21-19(16)17/h2-11,13,15H,12,14H2,1H3,(H,22,23). The molecule has 1 heterocycles. The van der Waals surface area contributed by atoms with E-state index >= 15 is 0 Å². The molecule has 0 aliphatic heterocycles. The highest BCUT2D eigenvalue weighted by Crippen LogP contribution is 2.22. The minimum atomic E-state index is -0.113. The number of fused-ring (bicyclic) bond motifs is 1. The summed E-state index contributed by atoms with van der Waals surface area (Å²) in [5, 5.41) is 4.05. The Balaban J connectivity index is 1.54. The molecule has 24 heavy (non-hydrogen) atoms. The van der Waals surface area contributed by atoms with Crippen molar-refractivity contribution in [3.63, 3.8) is 0 Å². The quantitative estimate of drug-likeness (QED) is 0.690. The van der Waals surface area contributed by atoms with E-state index < -0.39 is 0 Å². The first-order chi connectivity index (χ1) is 11.7. The molecule has 0 saturated carbocycles. The number of hydrogen-bond acceptors (Lipinski definition) is 3. The number of nitrogens with zero attached hydrogens (tertiary/aromatic N) is 1. The first-order valence-electron chi connectivity index (χ1n) is 8.06. The number of nitrogens with one attached hydrogen (secondary N) is 1. The minimum Gasteiger partial charge on any atom is -0.355 e. The normalized spacial score (nSPS) is 12.0. The van der Waals surface area contributed by atoms with E-state index in [1.54, 1.807) is 11.8 Å². The van der Waals surface area contributed by atoms with Crippen LogP contribution in [0.5, 0.6) is 0 Å². The van der Waals surface area contributed by atoms with Crippen LogP contribution in [0.1, 0.15) is 12.5 Å². The second-order valence-corrected chi connectivity index (χ2v) is 7.02. The largest absolute Gasteiger partial charge is 0.355 e. The molecule has 122 valence electrons. The summed E-state index contributed by atoms with van der Waals surface area (Å²) in [5.41, 5.74) is 2.18. The second-order valence-electron chi connectivity index (χ2n) is 5.61. The molecular formula is C20H20N2OS. The maximum atomic E-state index is 12.3. The molecule has 1 aromatic heterocycles. The summed E-state index contributed by atoms with van der Waals surface area (Å²) in [6.07, 6.45) is 2.59. The molecule has 3 aromatic rings. The molecule has 2 aromatic carbocycles. The molecule has 0 aliphatic carbocycles. The second kappa shape index (κ2) is 7.97. The van der Waals surface area contributed by atoms with Gasteiger partial charge in [-0.3, -0.25) is 9.78 Å². The van der Waals surface area contributed by atoms with E-state index in [0.717, 1.165) is 27.8 Å². The van der Waals surface area contributed by atoms with Gasteiger partial charge in [0.25, 0.3) is 0 Å². The van der Waals surface area contributed by atoms with Gasteiger partial charge in [-0.25, -0.2) is 0 Å². The Hall–Kier alpha value is -2.33. The Morgan fingerprint density at radius 2 is 1.88 bits per heavy atom. The van der Waals surface area contributed by atoms with E-state index in [2.05, 4.69) is 28.5 Å². The van der Waals surface area contributed by atoms with Crippen LogP contribution in [-0.2, 0) is 11.2 Å². The Kier molecular flexibility index (Phi) is 5.49. The van der Waals surface area contributed by atoms with E-state index in [9.17, 15) is 4.79 Å². The molecular weight excluding hydrogens is 316 g/mol. The highest BCUT2D eigenvalue weighted by Gasteiger charge is 2.13. The molecule has 1 N–H and O–H groups in total. The topological polar surface area (TPSA) is 42.0 Å². The fourth-order valence-electron chi connectivity index (χ4n) is 2.59. The van der Waals surface area contributed by atoms with Crippen LogP contribution in [-0.4, -0.2) is 22.7 Å². The number of carbonyl (C=O) groups is 1. The van der Waals surface area contributed by atoms with Gasteiger partial charge >= 0.3 is 0 Å². The van der Waals surface area contributed by atoms with Crippen molar-refractivity contribution in [3.05, 3.63) is 72.4 Å². The smallest absolute Gasteiger partial charge is 0.233 e. The lowest BCUT2D eigenvalue weighted by Gasteiger charge is -2.12. The van der Waals surface area contributed by atoms with E-state index in [1.807, 2.05) is 55.6 Å². The SMILES string of the molecule is CC(Sc1ccccc1)C(=O)NCCc1cccc2cccnc12. The maximum absolute atomic E-state index is 12.3. The highest BCUT2D eigenvalue weighted by molar-refractivity contribution is 8.00. The van der Waals surface area contributed by atoms with E-state index in [1.165, 1.54) is 0 Å². The van der Waals surface area contributed by atoms with Crippen molar-refractivity contribution in [2.75, 3.05) is 6.54 Å². The Bertz CT molecular complexity index is 815. The van der Waals surface area contributed by atoms with Crippen molar-refractivity contribution in [1.82, 2.24) is 10.3 Å². The third-order valence-corrected chi connectivity index (χ3v) is 4.95. The summed E-state index contributed by atoms with van der Waals surface area (Å²) in [6.45, 7) is 2.56. The molecule has 1 amide bonds. The number of carbonyl (C=O) groups excluding carboxylic acids is 1. The van der Waals surface area contributed by atoms with Crippen molar-refractivity contribution in [1.29, 1.82) is 0 Å². The van der Waals surface area contributed by atoms with Crippen LogP contribution in [0.3, 0.4) is 0 Å². The van der Waals surface area contributed by atoms with Gasteiger partial charge in [-0.15, -0.1) is 11.8 Å². The lowest BCUT2D eigenvalue weighted by molar-refractivity contribution is -0.120. The maximum Gasteiger partial charge on any atom is 0.233 e. The van der Waals surface area contributed by atoms with Crippen molar-refractivity contribution in [2.24, 2.45) is 0 Å². The molecule has 0 aliphatic rings. The summed E-state index contributed by atoms with van der Waals surface area (Å²) >= 11 is 1.58. The molecule has 0 bridgehead atoms. The van der Waals surface area contributed by atoms with Gasteiger partial charge in [-0.2, -0.15) is 0 Å². The molecule has 3 rings (SSSR count). The summed E-state index contributed by atoms with van der Waals surface area (Å²) in [4.78, 5) is 17.8. The molecule has 1 unspecified atom stereocenters. The predicted molar refractivity (Wildman–Crippen MR) is 100 cm³/mol. The van der Waals surface area contributed by atoms with Gasteiger partial charge in [0.2, 0.25) is 5.91 Å². The number of benzene rings is 2. The number of rotatable bonds is 6. The van der Waals surface area contributed by atoms with Crippen LogP contribution in [0.4, 0.5) is 0 Å². The van der Waals surface area contributed by atoms with Gasteiger partial charge in [0.05, 0.1) is 10.8 Å². The average molecular weight is 336 g/mol. The van der Waals surface area contributed by atoms with Gasteiger partial charge < -0.3 is 5.32 Å². The van der Waals surface area contributed by atoms with Crippen molar-refractivity contribution >= 4 is 28.6 Å². The lowest BCUT2D eigenvalue weighted by Crippen LogP contribution is -2.32. The number of hydrogen-bond donors (Lipinski definition) is 1. The van der Waals surface area contributed by atoms with Crippen LogP contribution in [0.15, 0.2) is 71.8 Å². The zero-order chi connectivity index (χ0) is 16.8. The van der Waals surface area contributed by atoms with Crippen molar-refractivity contribution in [2.45, 2.75) is 23.5 Å². The van der Waals surface area contributed by atoms with Gasteiger partial charge in [0, 0.05) is 23.0 Å². The first kappa shape index (κ1) is 16.5. The average Bonchev–Trinajstić information content (AvgIpc) is 2.62. The van der Waals surface area contributed by atoms with Crippen molar-refractivity contribution in [3.8, 4) is 0 Å². The number of thioether (sulfide) groups is 1. The summed E-state index contributed by atoms with van der Waals surface area (Å²) in [7, 11) is 0. The van der Waals surface area contributed by atoms with Crippen LogP contribution in [0.2, 0.25) is 0 Å².